The molecule has 0 radical (unpaired) electrons. The summed E-state index contributed by atoms with van der Waals surface area (Å²) in [6.45, 7) is 1.22. The second kappa shape index (κ2) is 6.53. The van der Waals surface area contributed by atoms with Crippen LogP contribution in [-0.4, -0.2) is 29.6 Å². The van der Waals surface area contributed by atoms with Crippen molar-refractivity contribution in [3.63, 3.8) is 0 Å². The van der Waals surface area contributed by atoms with E-state index in [4.69, 9.17) is 5.11 Å². The molecule has 5 nitrogen and oxygen atoms in total. The number of carbonyl (C=O) groups is 2. The highest BCUT2D eigenvalue weighted by Crippen LogP contribution is 2.20. The van der Waals surface area contributed by atoms with Gasteiger partial charge in [-0.1, -0.05) is 6.07 Å². The van der Waals surface area contributed by atoms with Gasteiger partial charge in [0, 0.05) is 13.5 Å². The number of aliphatic carboxylic acids is 1. The van der Waals surface area contributed by atoms with E-state index in [0.717, 1.165) is 0 Å². The van der Waals surface area contributed by atoms with Crippen molar-refractivity contribution in [2.45, 2.75) is 13.0 Å². The van der Waals surface area contributed by atoms with Gasteiger partial charge in [-0.3, -0.25) is 4.79 Å². The maximum atomic E-state index is 13.2. The number of carboxylic acid groups (broad SMARTS) is 1. The van der Waals surface area contributed by atoms with Gasteiger partial charge >= 0.3 is 5.97 Å². The van der Waals surface area contributed by atoms with Crippen molar-refractivity contribution in [2.24, 2.45) is 0 Å². The summed E-state index contributed by atoms with van der Waals surface area (Å²) in [5.74, 6) is -1.96. The summed E-state index contributed by atoms with van der Waals surface area (Å²) in [6, 6.07) is 3.42. The van der Waals surface area contributed by atoms with E-state index in [0.29, 0.717) is 9.26 Å². The Bertz CT molecular complexity index is 468. The summed E-state index contributed by atoms with van der Waals surface area (Å²) in [7, 11) is 0. The molecule has 18 heavy (non-hydrogen) atoms. The maximum absolute atomic E-state index is 13.2. The van der Waals surface area contributed by atoms with E-state index in [1.165, 1.54) is 19.1 Å². The van der Waals surface area contributed by atoms with E-state index >= 15 is 0 Å². The van der Waals surface area contributed by atoms with E-state index in [2.05, 4.69) is 10.6 Å². The first-order valence-electron chi connectivity index (χ1n) is 5.09. The number of benzene rings is 1. The summed E-state index contributed by atoms with van der Waals surface area (Å²) >= 11 is 1.82. The third kappa shape index (κ3) is 4.13. The molecule has 0 saturated heterocycles. The van der Waals surface area contributed by atoms with Crippen molar-refractivity contribution in [1.29, 1.82) is 0 Å². The van der Waals surface area contributed by atoms with Gasteiger partial charge in [0.05, 0.1) is 9.26 Å². The molecule has 0 aliphatic carbocycles. The highest BCUT2D eigenvalue weighted by Gasteiger charge is 2.18. The molecule has 1 rings (SSSR count). The zero-order chi connectivity index (χ0) is 13.7. The zero-order valence-electron chi connectivity index (χ0n) is 9.54. The van der Waals surface area contributed by atoms with E-state index in [1.54, 1.807) is 6.07 Å². The number of halogens is 2. The topological polar surface area (TPSA) is 78.4 Å². The number of carboxylic acids is 1. The Morgan fingerprint density at radius 3 is 2.72 bits per heavy atom. The maximum Gasteiger partial charge on any atom is 0.328 e. The molecule has 1 atom stereocenters. The minimum atomic E-state index is -1.15. The lowest BCUT2D eigenvalue weighted by atomic mass is 10.2. The van der Waals surface area contributed by atoms with Gasteiger partial charge in [-0.15, -0.1) is 0 Å². The van der Waals surface area contributed by atoms with Crippen molar-refractivity contribution in [2.75, 3.05) is 11.9 Å². The van der Waals surface area contributed by atoms with Gasteiger partial charge in [-0.25, -0.2) is 9.18 Å². The first-order valence-corrected chi connectivity index (χ1v) is 6.17. The van der Waals surface area contributed by atoms with E-state index in [-0.39, 0.29) is 12.4 Å². The second-order valence-corrected chi connectivity index (χ2v) is 4.65. The lowest BCUT2D eigenvalue weighted by molar-refractivity contribution is -0.141. The molecule has 1 unspecified atom stereocenters. The summed E-state index contributed by atoms with van der Waals surface area (Å²) in [5, 5.41) is 14.0. The summed E-state index contributed by atoms with van der Waals surface area (Å²) in [6.07, 6.45) is 0. The average Bonchev–Trinajstić information content (AvgIpc) is 2.28. The Morgan fingerprint density at radius 1 is 1.50 bits per heavy atom. The van der Waals surface area contributed by atoms with Crippen molar-refractivity contribution in [3.05, 3.63) is 27.6 Å². The van der Waals surface area contributed by atoms with Crippen LogP contribution in [0.25, 0.3) is 0 Å². The number of anilines is 1. The molecule has 0 aromatic heterocycles. The first kappa shape index (κ1) is 14.7. The molecule has 3 N–H and O–H groups in total. The fourth-order valence-electron chi connectivity index (χ4n) is 1.30. The Morgan fingerprint density at radius 2 is 2.17 bits per heavy atom. The Kier molecular flexibility index (Phi) is 5.32. The molecule has 0 fully saturated rings. The van der Waals surface area contributed by atoms with Crippen molar-refractivity contribution >= 4 is 40.2 Å². The van der Waals surface area contributed by atoms with Gasteiger partial charge in [0.15, 0.2) is 0 Å². The van der Waals surface area contributed by atoms with Gasteiger partial charge in [-0.05, 0) is 34.7 Å². The molecular weight excluding hydrogens is 354 g/mol. The number of nitrogens with one attached hydrogen (secondary N) is 2. The van der Waals surface area contributed by atoms with Gasteiger partial charge in [0.2, 0.25) is 5.91 Å². The molecule has 1 amide bonds. The molecule has 1 aromatic rings. The highest BCUT2D eigenvalue weighted by atomic mass is 127. The van der Waals surface area contributed by atoms with Gasteiger partial charge < -0.3 is 15.7 Å². The van der Waals surface area contributed by atoms with E-state index in [1.807, 2.05) is 22.6 Å². The first-order chi connectivity index (χ1) is 8.41. The quantitative estimate of drug-likeness (QED) is 0.689. The van der Waals surface area contributed by atoms with Crippen molar-refractivity contribution < 1.29 is 19.1 Å². The molecule has 0 spiro atoms. The molecule has 98 valence electrons. The smallest absolute Gasteiger partial charge is 0.328 e. The third-order valence-corrected chi connectivity index (χ3v) is 3.22. The molecule has 7 heteroatoms. The van der Waals surface area contributed by atoms with Crippen LogP contribution in [0.15, 0.2) is 18.2 Å². The molecule has 0 bridgehead atoms. The largest absolute Gasteiger partial charge is 0.480 e. The Balaban J connectivity index is 2.70. The molecule has 0 heterocycles. The van der Waals surface area contributed by atoms with Crippen LogP contribution in [0.5, 0.6) is 0 Å². The van der Waals surface area contributed by atoms with Crippen LogP contribution in [0.3, 0.4) is 0 Å². The average molecular weight is 366 g/mol. The molecule has 0 saturated carbocycles. The minimum absolute atomic E-state index is 0.0195. The van der Waals surface area contributed by atoms with Gasteiger partial charge in [0.25, 0.3) is 0 Å². The zero-order valence-corrected chi connectivity index (χ0v) is 11.7. The standard InChI is InChI=1S/C11H12FIN2O3/c1-6(16)15-9(11(17)18)5-14-8-4-2-3-7(12)10(8)13/h2-4,9,14H,5H2,1H3,(H,15,16)(H,17,18). The monoisotopic (exact) mass is 366 g/mol. The van der Waals surface area contributed by atoms with Crippen molar-refractivity contribution in [3.8, 4) is 0 Å². The summed E-state index contributed by atoms with van der Waals surface area (Å²) in [4.78, 5) is 21.7. The number of hydrogen-bond donors (Lipinski definition) is 3. The van der Waals surface area contributed by atoms with Crippen LogP contribution in [-0.2, 0) is 9.59 Å². The lowest BCUT2D eigenvalue weighted by Gasteiger charge is -2.15. The van der Waals surface area contributed by atoms with Crippen LogP contribution >= 0.6 is 22.6 Å². The fraction of sp³-hybridized carbons (Fsp3) is 0.273. The van der Waals surface area contributed by atoms with Crippen LogP contribution in [0.1, 0.15) is 6.92 Å². The van der Waals surface area contributed by atoms with Crippen LogP contribution in [0.2, 0.25) is 0 Å². The van der Waals surface area contributed by atoms with Crippen LogP contribution in [0, 0.1) is 9.39 Å². The SMILES string of the molecule is CC(=O)NC(CNc1cccc(F)c1I)C(=O)O. The second-order valence-electron chi connectivity index (χ2n) is 3.57. The van der Waals surface area contributed by atoms with E-state index < -0.39 is 17.9 Å². The number of amides is 1. The number of carbonyl (C=O) groups excluding carboxylic acids is 1. The van der Waals surface area contributed by atoms with Gasteiger partial charge in [-0.2, -0.15) is 0 Å². The fourth-order valence-corrected chi connectivity index (χ4v) is 1.85. The lowest BCUT2D eigenvalue weighted by Crippen LogP contribution is -2.44. The van der Waals surface area contributed by atoms with Gasteiger partial charge in [0.1, 0.15) is 11.9 Å². The van der Waals surface area contributed by atoms with E-state index in [9.17, 15) is 14.0 Å². The predicted octanol–water partition coefficient (Wildman–Crippen LogP) is 1.43. The van der Waals surface area contributed by atoms with Crippen LogP contribution in [0.4, 0.5) is 10.1 Å². The minimum Gasteiger partial charge on any atom is -0.480 e. The number of rotatable bonds is 5. The Labute approximate surface area is 117 Å². The third-order valence-electron chi connectivity index (χ3n) is 2.12. The van der Waals surface area contributed by atoms with Crippen LogP contribution < -0.4 is 10.6 Å². The Hall–Kier alpha value is -1.38. The molecule has 0 aliphatic rings. The number of hydrogen-bond acceptors (Lipinski definition) is 3. The molecule has 1 aromatic carbocycles. The molecular formula is C11H12FIN2O3. The summed E-state index contributed by atoms with van der Waals surface area (Å²) < 4.78 is 13.6. The van der Waals surface area contributed by atoms with Crippen molar-refractivity contribution in [1.82, 2.24) is 5.32 Å². The molecule has 0 aliphatic heterocycles. The predicted molar refractivity (Wildman–Crippen MR) is 72.8 cm³/mol. The summed E-state index contributed by atoms with van der Waals surface area (Å²) in [5.41, 5.74) is 0.493. The highest BCUT2D eigenvalue weighted by molar-refractivity contribution is 14.1. The normalized spacial score (nSPS) is 11.7.